The van der Waals surface area contributed by atoms with Crippen LogP contribution in [0, 0.1) is 0 Å². The lowest BCUT2D eigenvalue weighted by molar-refractivity contribution is 0.0951. The lowest BCUT2D eigenvalue weighted by Gasteiger charge is -2.22. The Morgan fingerprint density at radius 3 is 2.53 bits per heavy atom. The summed E-state index contributed by atoms with van der Waals surface area (Å²) in [5.74, 6) is 0.0556. The third-order valence-corrected chi connectivity index (χ3v) is 2.99. The highest BCUT2D eigenvalue weighted by Gasteiger charge is 2.31. The molecule has 0 radical (unpaired) electrons. The molecule has 0 aromatic carbocycles. The van der Waals surface area contributed by atoms with Gasteiger partial charge in [-0.2, -0.15) is 0 Å². The maximum absolute atomic E-state index is 11.8. The molecule has 1 aromatic heterocycles. The monoisotopic (exact) mass is 205 g/mol. The molecule has 1 aromatic rings. The van der Waals surface area contributed by atoms with Crippen LogP contribution in [0.4, 0.5) is 0 Å². The molecule has 15 heavy (non-hydrogen) atoms. The SMILES string of the molecule is NC1(CC(=O)c2cncnc2)CCCC1. The van der Waals surface area contributed by atoms with E-state index in [2.05, 4.69) is 9.97 Å². The van der Waals surface area contributed by atoms with Crippen molar-refractivity contribution in [2.24, 2.45) is 5.73 Å². The van der Waals surface area contributed by atoms with Crippen LogP contribution in [0.5, 0.6) is 0 Å². The molecule has 4 heteroatoms. The largest absolute Gasteiger partial charge is 0.325 e. The van der Waals surface area contributed by atoms with E-state index >= 15 is 0 Å². The standard InChI is InChI=1S/C11H15N3O/c12-11(3-1-2-4-11)5-10(15)9-6-13-8-14-7-9/h6-8H,1-5,12H2. The Morgan fingerprint density at radius 2 is 1.93 bits per heavy atom. The number of carbonyl (C=O) groups is 1. The van der Waals surface area contributed by atoms with Crippen LogP contribution < -0.4 is 5.73 Å². The number of ketones is 1. The van der Waals surface area contributed by atoms with Gasteiger partial charge in [0, 0.05) is 24.4 Å². The molecular weight excluding hydrogens is 190 g/mol. The number of hydrogen-bond donors (Lipinski definition) is 1. The van der Waals surface area contributed by atoms with Gasteiger partial charge in [-0.15, -0.1) is 0 Å². The number of nitrogens with two attached hydrogens (primary N) is 1. The molecule has 4 nitrogen and oxygen atoms in total. The van der Waals surface area contributed by atoms with Gasteiger partial charge in [0.15, 0.2) is 5.78 Å². The molecule has 1 saturated carbocycles. The van der Waals surface area contributed by atoms with Gasteiger partial charge in [-0.25, -0.2) is 9.97 Å². The number of nitrogens with zero attached hydrogens (tertiary/aromatic N) is 2. The van der Waals surface area contributed by atoms with Gasteiger partial charge >= 0.3 is 0 Å². The molecule has 0 unspecified atom stereocenters. The molecule has 80 valence electrons. The van der Waals surface area contributed by atoms with Gasteiger partial charge in [-0.1, -0.05) is 12.8 Å². The molecule has 0 spiro atoms. The maximum Gasteiger partial charge on any atom is 0.167 e. The van der Waals surface area contributed by atoms with E-state index in [1.54, 1.807) is 12.4 Å². The molecule has 1 fully saturated rings. The van der Waals surface area contributed by atoms with Gasteiger partial charge in [0.1, 0.15) is 6.33 Å². The van der Waals surface area contributed by atoms with Crippen LogP contribution in [-0.2, 0) is 0 Å². The zero-order valence-electron chi connectivity index (χ0n) is 8.65. The van der Waals surface area contributed by atoms with E-state index in [0.29, 0.717) is 12.0 Å². The van der Waals surface area contributed by atoms with Crippen molar-refractivity contribution >= 4 is 5.78 Å². The fourth-order valence-electron chi connectivity index (χ4n) is 2.12. The van der Waals surface area contributed by atoms with E-state index in [1.807, 2.05) is 0 Å². The Bertz CT molecular complexity index is 344. The van der Waals surface area contributed by atoms with Crippen molar-refractivity contribution in [2.45, 2.75) is 37.6 Å². The first kappa shape index (κ1) is 10.2. The summed E-state index contributed by atoms with van der Waals surface area (Å²) in [6.07, 6.45) is 9.11. The highest BCUT2D eigenvalue weighted by atomic mass is 16.1. The molecule has 0 bridgehead atoms. The van der Waals surface area contributed by atoms with Crippen LogP contribution >= 0.6 is 0 Å². The van der Waals surface area contributed by atoms with E-state index in [1.165, 1.54) is 6.33 Å². The predicted octanol–water partition coefficient (Wildman–Crippen LogP) is 1.32. The molecule has 1 aliphatic carbocycles. The van der Waals surface area contributed by atoms with Crippen molar-refractivity contribution in [3.8, 4) is 0 Å². The van der Waals surface area contributed by atoms with Crippen molar-refractivity contribution < 1.29 is 4.79 Å². The van der Waals surface area contributed by atoms with Crippen LogP contribution in [0.3, 0.4) is 0 Å². The lowest BCUT2D eigenvalue weighted by atomic mass is 9.91. The quantitative estimate of drug-likeness (QED) is 0.755. The maximum atomic E-state index is 11.8. The van der Waals surface area contributed by atoms with E-state index in [4.69, 9.17) is 5.73 Å². The van der Waals surface area contributed by atoms with Crippen LogP contribution in [0.2, 0.25) is 0 Å². The van der Waals surface area contributed by atoms with E-state index in [-0.39, 0.29) is 11.3 Å². The average molecular weight is 205 g/mol. The van der Waals surface area contributed by atoms with Crippen LogP contribution in [0.15, 0.2) is 18.7 Å². The van der Waals surface area contributed by atoms with Gasteiger partial charge in [0.05, 0.1) is 5.56 Å². The Kier molecular flexibility index (Phi) is 2.77. The van der Waals surface area contributed by atoms with Crippen LogP contribution in [-0.4, -0.2) is 21.3 Å². The Hall–Kier alpha value is -1.29. The zero-order valence-corrected chi connectivity index (χ0v) is 8.65. The van der Waals surface area contributed by atoms with Crippen molar-refractivity contribution in [3.05, 3.63) is 24.3 Å². The van der Waals surface area contributed by atoms with Crippen molar-refractivity contribution in [1.82, 2.24) is 9.97 Å². The number of hydrogen-bond acceptors (Lipinski definition) is 4. The molecule has 0 atom stereocenters. The number of aromatic nitrogens is 2. The molecular formula is C11H15N3O. The minimum atomic E-state index is -0.285. The van der Waals surface area contributed by atoms with Crippen molar-refractivity contribution in [2.75, 3.05) is 0 Å². The highest BCUT2D eigenvalue weighted by Crippen LogP contribution is 2.30. The lowest BCUT2D eigenvalue weighted by Crippen LogP contribution is -2.38. The van der Waals surface area contributed by atoms with Gasteiger partial charge < -0.3 is 5.73 Å². The molecule has 2 N–H and O–H groups in total. The summed E-state index contributed by atoms with van der Waals surface area (Å²) in [6.45, 7) is 0. The summed E-state index contributed by atoms with van der Waals surface area (Å²) in [4.78, 5) is 19.5. The Labute approximate surface area is 88.9 Å². The molecule has 0 amide bonds. The topological polar surface area (TPSA) is 68.9 Å². The predicted molar refractivity (Wildman–Crippen MR) is 56.4 cm³/mol. The van der Waals surface area contributed by atoms with Crippen LogP contribution in [0.1, 0.15) is 42.5 Å². The highest BCUT2D eigenvalue weighted by molar-refractivity contribution is 5.96. The molecule has 1 aliphatic rings. The second kappa shape index (κ2) is 4.06. The van der Waals surface area contributed by atoms with Crippen LogP contribution in [0.25, 0.3) is 0 Å². The number of carbonyl (C=O) groups excluding carboxylic acids is 1. The number of rotatable bonds is 3. The Balaban J connectivity index is 2.04. The summed E-state index contributed by atoms with van der Waals surface area (Å²) in [6, 6.07) is 0. The first-order chi connectivity index (χ1) is 7.20. The summed E-state index contributed by atoms with van der Waals surface area (Å²) in [5.41, 5.74) is 6.41. The van der Waals surface area contributed by atoms with E-state index in [9.17, 15) is 4.79 Å². The Morgan fingerprint density at radius 1 is 1.33 bits per heavy atom. The first-order valence-corrected chi connectivity index (χ1v) is 5.27. The van der Waals surface area contributed by atoms with Crippen molar-refractivity contribution in [3.63, 3.8) is 0 Å². The first-order valence-electron chi connectivity index (χ1n) is 5.27. The minimum absolute atomic E-state index is 0.0556. The second-order valence-electron chi connectivity index (χ2n) is 4.30. The fourth-order valence-corrected chi connectivity index (χ4v) is 2.12. The zero-order chi connectivity index (χ0) is 10.7. The number of Topliss-reactive ketones (excluding diaryl/α,β-unsaturated/α-hetero) is 1. The smallest absolute Gasteiger partial charge is 0.167 e. The summed E-state index contributed by atoms with van der Waals surface area (Å²) in [5, 5.41) is 0. The van der Waals surface area contributed by atoms with Gasteiger partial charge in [-0.05, 0) is 12.8 Å². The van der Waals surface area contributed by atoms with Crippen molar-refractivity contribution in [1.29, 1.82) is 0 Å². The summed E-state index contributed by atoms with van der Waals surface area (Å²) >= 11 is 0. The van der Waals surface area contributed by atoms with Gasteiger partial charge in [0.25, 0.3) is 0 Å². The average Bonchev–Trinajstić information content (AvgIpc) is 2.66. The molecule has 1 heterocycles. The molecule has 0 saturated heterocycles. The fraction of sp³-hybridized carbons (Fsp3) is 0.545. The van der Waals surface area contributed by atoms with E-state index < -0.39 is 0 Å². The summed E-state index contributed by atoms with van der Waals surface area (Å²) < 4.78 is 0. The minimum Gasteiger partial charge on any atom is -0.325 e. The molecule has 0 aliphatic heterocycles. The third-order valence-electron chi connectivity index (χ3n) is 2.99. The van der Waals surface area contributed by atoms with Gasteiger partial charge in [-0.3, -0.25) is 4.79 Å². The van der Waals surface area contributed by atoms with Gasteiger partial charge in [0.2, 0.25) is 0 Å². The van der Waals surface area contributed by atoms with E-state index in [0.717, 1.165) is 25.7 Å². The third kappa shape index (κ3) is 2.39. The second-order valence-corrected chi connectivity index (χ2v) is 4.30. The molecule has 2 rings (SSSR count). The summed E-state index contributed by atoms with van der Waals surface area (Å²) in [7, 11) is 0. The normalized spacial score (nSPS) is 19.0.